The van der Waals surface area contributed by atoms with Crippen LogP contribution in [-0.2, 0) is 10.1 Å². The van der Waals surface area contributed by atoms with Crippen LogP contribution in [0.25, 0.3) is 0 Å². The van der Waals surface area contributed by atoms with Gasteiger partial charge in [-0.3, -0.25) is 4.55 Å². The van der Waals surface area contributed by atoms with Crippen LogP contribution in [-0.4, -0.2) is 13.0 Å². The van der Waals surface area contributed by atoms with E-state index >= 15 is 0 Å². The lowest BCUT2D eigenvalue weighted by Crippen LogP contribution is -1.99. The molecule has 100 valence electrons. The molecule has 0 amide bonds. The maximum atomic E-state index is 10.9. The molecule has 2 rings (SSSR count). The largest absolute Gasteiger partial charge is 0.397 e. The van der Waals surface area contributed by atoms with Crippen LogP contribution in [0, 0.1) is 6.92 Å². The molecule has 2 aromatic carbocycles. The van der Waals surface area contributed by atoms with Gasteiger partial charge in [-0.05, 0) is 48.9 Å². The zero-order valence-corrected chi connectivity index (χ0v) is 11.1. The summed E-state index contributed by atoms with van der Waals surface area (Å²) in [6, 6.07) is 11.4. The van der Waals surface area contributed by atoms with E-state index in [1.807, 2.05) is 25.1 Å². The average Bonchev–Trinajstić information content (AvgIpc) is 2.32. The van der Waals surface area contributed by atoms with E-state index in [2.05, 4.69) is 5.32 Å². The van der Waals surface area contributed by atoms with Gasteiger partial charge in [0.25, 0.3) is 10.1 Å². The van der Waals surface area contributed by atoms with Crippen molar-refractivity contribution in [1.82, 2.24) is 0 Å². The number of nitrogens with two attached hydrogens (primary N) is 1. The molecule has 5 nitrogen and oxygen atoms in total. The lowest BCUT2D eigenvalue weighted by molar-refractivity contribution is 0.483. The van der Waals surface area contributed by atoms with Gasteiger partial charge in [-0.15, -0.1) is 0 Å². The Bertz CT molecular complexity index is 694. The van der Waals surface area contributed by atoms with Gasteiger partial charge in [0.15, 0.2) is 0 Å². The summed E-state index contributed by atoms with van der Waals surface area (Å²) in [7, 11) is -4.16. The van der Waals surface area contributed by atoms with E-state index in [4.69, 9.17) is 10.3 Å². The standard InChI is InChI=1S/C13H14N2O3S/c1-9-2-7-13(12(14)8-9)15-10-3-5-11(6-4-10)19(16,17)18/h2-8,15H,14H2,1H3,(H,16,17,18). The minimum Gasteiger partial charge on any atom is -0.397 e. The predicted octanol–water partition coefficient (Wildman–Crippen LogP) is 2.57. The van der Waals surface area contributed by atoms with E-state index in [9.17, 15) is 8.42 Å². The quantitative estimate of drug-likeness (QED) is 0.592. The van der Waals surface area contributed by atoms with E-state index in [1.165, 1.54) is 12.1 Å². The predicted molar refractivity (Wildman–Crippen MR) is 75.1 cm³/mol. The molecule has 0 aromatic heterocycles. The Morgan fingerprint density at radius 1 is 1.11 bits per heavy atom. The highest BCUT2D eigenvalue weighted by molar-refractivity contribution is 7.85. The maximum absolute atomic E-state index is 10.9. The third-order valence-electron chi connectivity index (χ3n) is 2.64. The molecule has 19 heavy (non-hydrogen) atoms. The highest BCUT2D eigenvalue weighted by Gasteiger charge is 2.08. The van der Waals surface area contributed by atoms with Gasteiger partial charge in [0, 0.05) is 5.69 Å². The number of hydrogen-bond donors (Lipinski definition) is 3. The van der Waals surface area contributed by atoms with Crippen LogP contribution in [0.1, 0.15) is 5.56 Å². The summed E-state index contributed by atoms with van der Waals surface area (Å²) in [5.74, 6) is 0. The number of nitrogens with one attached hydrogen (secondary N) is 1. The Hall–Kier alpha value is -2.05. The zero-order chi connectivity index (χ0) is 14.0. The third-order valence-corrected chi connectivity index (χ3v) is 3.51. The molecule has 0 radical (unpaired) electrons. The third kappa shape index (κ3) is 3.24. The van der Waals surface area contributed by atoms with Gasteiger partial charge in [0.1, 0.15) is 0 Å². The summed E-state index contributed by atoms with van der Waals surface area (Å²) < 4.78 is 30.7. The Morgan fingerprint density at radius 2 is 1.74 bits per heavy atom. The maximum Gasteiger partial charge on any atom is 0.294 e. The fourth-order valence-electron chi connectivity index (χ4n) is 1.66. The zero-order valence-electron chi connectivity index (χ0n) is 10.3. The number of anilines is 3. The van der Waals surface area contributed by atoms with Gasteiger partial charge in [0.2, 0.25) is 0 Å². The molecule has 0 saturated heterocycles. The molecule has 0 bridgehead atoms. The fourth-order valence-corrected chi connectivity index (χ4v) is 2.14. The van der Waals surface area contributed by atoms with Gasteiger partial charge >= 0.3 is 0 Å². The molecular weight excluding hydrogens is 264 g/mol. The Kier molecular flexibility index (Phi) is 3.46. The van der Waals surface area contributed by atoms with Crippen molar-refractivity contribution < 1.29 is 13.0 Å². The lowest BCUT2D eigenvalue weighted by atomic mass is 10.2. The highest BCUT2D eigenvalue weighted by Crippen LogP contribution is 2.24. The van der Waals surface area contributed by atoms with Crippen molar-refractivity contribution in [2.24, 2.45) is 0 Å². The van der Waals surface area contributed by atoms with Crippen LogP contribution in [0.3, 0.4) is 0 Å². The van der Waals surface area contributed by atoms with Crippen LogP contribution in [0.5, 0.6) is 0 Å². The molecule has 2 aromatic rings. The molecule has 0 fully saturated rings. The molecule has 0 aliphatic rings. The Labute approximate surface area is 111 Å². The number of aryl methyl sites for hydroxylation is 1. The summed E-state index contributed by atoms with van der Waals surface area (Å²) in [6.45, 7) is 1.95. The molecule has 0 aliphatic carbocycles. The van der Waals surface area contributed by atoms with E-state index < -0.39 is 10.1 Å². The van der Waals surface area contributed by atoms with Crippen molar-refractivity contribution in [3.63, 3.8) is 0 Å². The van der Waals surface area contributed by atoms with E-state index in [1.54, 1.807) is 12.1 Å². The molecule has 0 unspecified atom stereocenters. The second kappa shape index (κ2) is 4.91. The number of rotatable bonds is 3. The van der Waals surface area contributed by atoms with Crippen molar-refractivity contribution in [3.05, 3.63) is 48.0 Å². The first-order valence-electron chi connectivity index (χ1n) is 5.57. The lowest BCUT2D eigenvalue weighted by Gasteiger charge is -2.10. The molecule has 0 saturated carbocycles. The first-order chi connectivity index (χ1) is 8.86. The van der Waals surface area contributed by atoms with Gasteiger partial charge in [-0.2, -0.15) is 8.42 Å². The van der Waals surface area contributed by atoms with Crippen LogP contribution in [0.4, 0.5) is 17.1 Å². The van der Waals surface area contributed by atoms with Crippen molar-refractivity contribution >= 4 is 27.2 Å². The smallest absolute Gasteiger partial charge is 0.294 e. The van der Waals surface area contributed by atoms with Crippen molar-refractivity contribution in [2.75, 3.05) is 11.1 Å². The summed E-state index contributed by atoms with van der Waals surface area (Å²) in [6.07, 6.45) is 0. The molecule has 0 heterocycles. The molecule has 0 aliphatic heterocycles. The summed E-state index contributed by atoms with van der Waals surface area (Å²) >= 11 is 0. The fraction of sp³-hybridized carbons (Fsp3) is 0.0769. The van der Waals surface area contributed by atoms with Crippen LogP contribution >= 0.6 is 0 Å². The van der Waals surface area contributed by atoms with E-state index in [0.29, 0.717) is 11.4 Å². The normalized spacial score (nSPS) is 11.3. The molecule has 0 spiro atoms. The molecule has 0 atom stereocenters. The minimum absolute atomic E-state index is 0.144. The molecule has 6 heteroatoms. The minimum atomic E-state index is -4.16. The first-order valence-corrected chi connectivity index (χ1v) is 7.01. The number of nitrogen functional groups attached to an aromatic ring is 1. The monoisotopic (exact) mass is 278 g/mol. The van der Waals surface area contributed by atoms with Crippen LogP contribution in [0.15, 0.2) is 47.4 Å². The van der Waals surface area contributed by atoms with E-state index in [-0.39, 0.29) is 4.90 Å². The van der Waals surface area contributed by atoms with Gasteiger partial charge in [-0.1, -0.05) is 6.07 Å². The summed E-state index contributed by atoms with van der Waals surface area (Å²) in [5, 5.41) is 3.08. The first kappa shape index (κ1) is 13.4. The second-order valence-electron chi connectivity index (χ2n) is 4.22. The Morgan fingerprint density at radius 3 is 2.26 bits per heavy atom. The van der Waals surface area contributed by atoms with Gasteiger partial charge in [0.05, 0.1) is 16.3 Å². The van der Waals surface area contributed by atoms with Crippen molar-refractivity contribution in [2.45, 2.75) is 11.8 Å². The summed E-state index contributed by atoms with van der Waals surface area (Å²) in [4.78, 5) is -0.144. The van der Waals surface area contributed by atoms with Crippen molar-refractivity contribution in [3.8, 4) is 0 Å². The summed E-state index contributed by atoms with van der Waals surface area (Å²) in [5.41, 5.74) is 8.96. The molecule has 4 N–H and O–H groups in total. The SMILES string of the molecule is Cc1ccc(Nc2ccc(S(=O)(=O)O)cc2)c(N)c1. The second-order valence-corrected chi connectivity index (χ2v) is 5.64. The topological polar surface area (TPSA) is 92.4 Å². The van der Waals surface area contributed by atoms with Gasteiger partial charge < -0.3 is 11.1 Å². The van der Waals surface area contributed by atoms with Gasteiger partial charge in [-0.25, -0.2) is 0 Å². The van der Waals surface area contributed by atoms with E-state index in [0.717, 1.165) is 11.3 Å². The average molecular weight is 278 g/mol. The molecular formula is C13H14N2O3S. The number of hydrogen-bond acceptors (Lipinski definition) is 4. The highest BCUT2D eigenvalue weighted by atomic mass is 32.2. The van der Waals surface area contributed by atoms with Crippen molar-refractivity contribution in [1.29, 1.82) is 0 Å². The van der Waals surface area contributed by atoms with Crippen LogP contribution in [0.2, 0.25) is 0 Å². The number of benzene rings is 2. The Balaban J connectivity index is 2.25. The van der Waals surface area contributed by atoms with Crippen LogP contribution < -0.4 is 11.1 Å².